The van der Waals surface area contributed by atoms with Crippen LogP contribution in [0.15, 0.2) is 36.5 Å². The molecule has 0 spiro atoms. The number of anilines is 3. The van der Waals surface area contributed by atoms with Crippen LogP contribution in [0.5, 0.6) is 5.75 Å². The van der Waals surface area contributed by atoms with Gasteiger partial charge in [0, 0.05) is 62.9 Å². The van der Waals surface area contributed by atoms with E-state index in [1.807, 2.05) is 17.0 Å². The van der Waals surface area contributed by atoms with Crippen LogP contribution in [0.4, 0.5) is 17.5 Å². The number of nitrogens with zero attached hydrogens (tertiary/aromatic N) is 5. The molecule has 1 aromatic carbocycles. The molecule has 0 atom stereocenters. The van der Waals surface area contributed by atoms with Gasteiger partial charge in [-0.25, -0.2) is 9.97 Å². The van der Waals surface area contributed by atoms with E-state index < -0.39 is 0 Å². The van der Waals surface area contributed by atoms with Crippen molar-refractivity contribution in [2.45, 2.75) is 26.2 Å². The van der Waals surface area contributed by atoms with Crippen LogP contribution in [0.1, 0.15) is 24.1 Å². The molecule has 9 heteroatoms. The summed E-state index contributed by atoms with van der Waals surface area (Å²) in [5.74, 6) is 2.81. The summed E-state index contributed by atoms with van der Waals surface area (Å²) in [5.41, 5.74) is 5.27. The molecule has 1 amide bonds. The number of amides is 1. The normalized spacial score (nSPS) is 18.3. The summed E-state index contributed by atoms with van der Waals surface area (Å²) in [6, 6.07) is 10.2. The average molecular weight is 503 g/mol. The van der Waals surface area contributed by atoms with E-state index in [0.29, 0.717) is 6.54 Å². The number of aromatic nitrogens is 3. The Bertz CT molecular complexity index is 1280. The quantitative estimate of drug-likeness (QED) is 0.585. The van der Waals surface area contributed by atoms with Gasteiger partial charge in [-0.1, -0.05) is 11.6 Å². The first-order chi connectivity index (χ1) is 18.1. The Morgan fingerprint density at radius 2 is 1.86 bits per heavy atom. The molecule has 0 radical (unpaired) electrons. The minimum Gasteiger partial charge on any atom is -0.497 e. The van der Waals surface area contributed by atoms with E-state index >= 15 is 0 Å². The van der Waals surface area contributed by atoms with Gasteiger partial charge in [-0.3, -0.25) is 4.79 Å². The third-order valence-corrected chi connectivity index (χ3v) is 7.75. The first-order valence-corrected chi connectivity index (χ1v) is 13.2. The number of imidazole rings is 1. The lowest BCUT2D eigenvalue weighted by Gasteiger charge is -2.35. The van der Waals surface area contributed by atoms with E-state index in [4.69, 9.17) is 14.5 Å². The fourth-order valence-corrected chi connectivity index (χ4v) is 5.65. The Kier molecular flexibility index (Phi) is 6.46. The van der Waals surface area contributed by atoms with Crippen LogP contribution in [0.3, 0.4) is 0 Å². The first kappa shape index (κ1) is 23.8. The number of rotatable bonds is 4. The number of ether oxygens (including phenoxy) is 2. The molecule has 2 aromatic heterocycles. The van der Waals surface area contributed by atoms with Crippen LogP contribution in [-0.2, 0) is 16.0 Å². The molecule has 194 valence electrons. The third-order valence-electron chi connectivity index (χ3n) is 7.75. The molecule has 9 nitrogen and oxygen atoms in total. The molecular formula is C28H34N6O3. The smallest absolute Gasteiger partial charge is 0.230 e. The topological polar surface area (TPSA) is 86.8 Å². The number of hydrogen-bond donors (Lipinski definition) is 1. The van der Waals surface area contributed by atoms with E-state index in [1.165, 1.54) is 5.56 Å². The van der Waals surface area contributed by atoms with Crippen molar-refractivity contribution in [2.24, 2.45) is 5.92 Å². The van der Waals surface area contributed by atoms with Crippen molar-refractivity contribution in [1.29, 1.82) is 0 Å². The number of pyridine rings is 1. The zero-order valence-electron chi connectivity index (χ0n) is 21.6. The van der Waals surface area contributed by atoms with Crippen molar-refractivity contribution in [3.05, 3.63) is 47.8 Å². The summed E-state index contributed by atoms with van der Waals surface area (Å²) in [4.78, 5) is 33.5. The largest absolute Gasteiger partial charge is 0.497 e. The van der Waals surface area contributed by atoms with E-state index in [1.54, 1.807) is 13.3 Å². The van der Waals surface area contributed by atoms with Gasteiger partial charge in [-0.2, -0.15) is 0 Å². The zero-order valence-corrected chi connectivity index (χ0v) is 21.6. The second kappa shape index (κ2) is 10.0. The number of aryl methyl sites for hydroxylation is 1. The van der Waals surface area contributed by atoms with Crippen LogP contribution in [-0.4, -0.2) is 73.9 Å². The van der Waals surface area contributed by atoms with Crippen LogP contribution in [0.25, 0.3) is 11.3 Å². The standard InChI is InChI=1S/C28H34N6O3/c1-19-3-4-24-22(17-19)26-23(30-28(31-26)33-13-15-37-16-14-33)8-12-34(24)27(35)20-6-10-32(11-7-20)25-18-21(36-2)5-9-29-25/h3-5,9,17-18,20H,6-8,10-16H2,1-2H3,(H,30,31). The lowest BCUT2D eigenvalue weighted by atomic mass is 9.94. The second-order valence-corrected chi connectivity index (χ2v) is 10.1. The first-order valence-electron chi connectivity index (χ1n) is 13.2. The third kappa shape index (κ3) is 4.64. The van der Waals surface area contributed by atoms with Crippen molar-refractivity contribution < 1.29 is 14.3 Å². The maximum absolute atomic E-state index is 13.9. The summed E-state index contributed by atoms with van der Waals surface area (Å²) in [6.45, 7) is 7.43. The number of piperidine rings is 1. The maximum Gasteiger partial charge on any atom is 0.230 e. The van der Waals surface area contributed by atoms with E-state index in [-0.39, 0.29) is 11.8 Å². The molecule has 3 aliphatic heterocycles. The van der Waals surface area contributed by atoms with Gasteiger partial charge in [-0.05, 0) is 38.0 Å². The van der Waals surface area contributed by atoms with Crippen molar-refractivity contribution in [3.8, 4) is 17.0 Å². The molecule has 0 bridgehead atoms. The predicted octanol–water partition coefficient (Wildman–Crippen LogP) is 3.43. The SMILES string of the molecule is COc1ccnc(N2CCC(C(=O)N3CCc4nc(N5CCOCC5)[nH]c4-c4cc(C)ccc43)CC2)c1. The molecule has 0 unspecified atom stereocenters. The maximum atomic E-state index is 13.9. The number of aromatic amines is 1. The van der Waals surface area contributed by atoms with Gasteiger partial charge in [0.05, 0.1) is 37.4 Å². The summed E-state index contributed by atoms with van der Waals surface area (Å²) >= 11 is 0. The van der Waals surface area contributed by atoms with Crippen molar-refractivity contribution in [3.63, 3.8) is 0 Å². The minimum atomic E-state index is -0.00989. The fourth-order valence-electron chi connectivity index (χ4n) is 5.65. The molecule has 1 N–H and O–H groups in total. The van der Waals surface area contributed by atoms with Gasteiger partial charge in [0.2, 0.25) is 11.9 Å². The Morgan fingerprint density at radius 1 is 1.05 bits per heavy atom. The zero-order chi connectivity index (χ0) is 25.4. The number of H-pyrrole nitrogens is 1. The van der Waals surface area contributed by atoms with Gasteiger partial charge < -0.3 is 29.2 Å². The Hall–Kier alpha value is -3.59. The molecule has 2 saturated heterocycles. The predicted molar refractivity (Wildman–Crippen MR) is 144 cm³/mol. The second-order valence-electron chi connectivity index (χ2n) is 10.1. The van der Waals surface area contributed by atoms with Gasteiger partial charge >= 0.3 is 0 Å². The Labute approximate surface area is 217 Å². The molecule has 6 rings (SSSR count). The van der Waals surface area contributed by atoms with Crippen molar-refractivity contribution >= 4 is 23.4 Å². The van der Waals surface area contributed by atoms with Gasteiger partial charge in [0.1, 0.15) is 11.6 Å². The molecular weight excluding hydrogens is 468 g/mol. The number of carbonyl (C=O) groups excluding carboxylic acids is 1. The summed E-state index contributed by atoms with van der Waals surface area (Å²) in [6.07, 6.45) is 4.11. The van der Waals surface area contributed by atoms with Crippen LogP contribution >= 0.6 is 0 Å². The number of nitrogens with one attached hydrogen (secondary N) is 1. The Balaban J connectivity index is 1.22. The number of fused-ring (bicyclic) bond motifs is 3. The number of morpholine rings is 1. The highest BCUT2D eigenvalue weighted by Gasteiger charge is 2.33. The highest BCUT2D eigenvalue weighted by Crippen LogP contribution is 2.38. The summed E-state index contributed by atoms with van der Waals surface area (Å²) in [7, 11) is 1.67. The average Bonchev–Trinajstić information content (AvgIpc) is 3.32. The number of hydrogen-bond acceptors (Lipinski definition) is 7. The monoisotopic (exact) mass is 502 g/mol. The fraction of sp³-hybridized carbons (Fsp3) is 0.464. The van der Waals surface area contributed by atoms with Gasteiger partial charge in [0.15, 0.2) is 0 Å². The number of carbonyl (C=O) groups is 1. The molecule has 0 aliphatic carbocycles. The lowest BCUT2D eigenvalue weighted by Crippen LogP contribution is -2.43. The number of methoxy groups -OCH3 is 1. The van der Waals surface area contributed by atoms with Crippen LogP contribution in [0.2, 0.25) is 0 Å². The molecule has 37 heavy (non-hydrogen) atoms. The Morgan fingerprint density at radius 3 is 2.65 bits per heavy atom. The van der Waals surface area contributed by atoms with Crippen molar-refractivity contribution in [1.82, 2.24) is 15.0 Å². The molecule has 0 saturated carbocycles. The van der Waals surface area contributed by atoms with Gasteiger partial charge in [-0.15, -0.1) is 0 Å². The van der Waals surface area contributed by atoms with E-state index in [2.05, 4.69) is 44.9 Å². The highest BCUT2D eigenvalue weighted by atomic mass is 16.5. The van der Waals surface area contributed by atoms with Crippen molar-refractivity contribution in [2.75, 3.05) is 67.7 Å². The summed E-state index contributed by atoms with van der Waals surface area (Å²) < 4.78 is 10.9. The minimum absolute atomic E-state index is 0.00989. The van der Waals surface area contributed by atoms with E-state index in [0.717, 1.165) is 98.8 Å². The van der Waals surface area contributed by atoms with Gasteiger partial charge in [0.25, 0.3) is 0 Å². The van der Waals surface area contributed by atoms with Crippen LogP contribution < -0.4 is 19.4 Å². The highest BCUT2D eigenvalue weighted by molar-refractivity contribution is 6.00. The summed E-state index contributed by atoms with van der Waals surface area (Å²) in [5, 5.41) is 0. The molecule has 3 aromatic rings. The molecule has 2 fully saturated rings. The lowest BCUT2D eigenvalue weighted by molar-refractivity contribution is -0.123. The van der Waals surface area contributed by atoms with E-state index in [9.17, 15) is 4.79 Å². The number of benzene rings is 1. The molecule has 5 heterocycles. The molecule has 3 aliphatic rings. The van der Waals surface area contributed by atoms with Crippen LogP contribution in [0, 0.1) is 12.8 Å².